The van der Waals surface area contributed by atoms with Crippen molar-refractivity contribution in [2.45, 2.75) is 17.5 Å². The summed E-state index contributed by atoms with van der Waals surface area (Å²) in [6.07, 6.45) is 3.92. The van der Waals surface area contributed by atoms with E-state index in [4.69, 9.17) is 14.2 Å². The van der Waals surface area contributed by atoms with Gasteiger partial charge in [0.1, 0.15) is 11.5 Å². The van der Waals surface area contributed by atoms with E-state index < -0.39 is 29.2 Å². The van der Waals surface area contributed by atoms with E-state index in [0.717, 1.165) is 15.7 Å². The molecule has 226 valence electrons. The number of carbonyl (C=O) groups is 3. The minimum absolute atomic E-state index is 0.233. The van der Waals surface area contributed by atoms with Crippen LogP contribution in [0.3, 0.4) is 0 Å². The number of amides is 1. The number of hydrogen-bond acceptors (Lipinski definition) is 7. The number of hydrogen-bond donors (Lipinski definition) is 1. The lowest BCUT2D eigenvalue weighted by Crippen LogP contribution is -2.51. The molecular formula is C36H29BrN2O6. The van der Waals surface area contributed by atoms with Crippen molar-refractivity contribution in [3.63, 3.8) is 0 Å². The first-order valence-corrected chi connectivity index (χ1v) is 15.2. The number of carbonyl (C=O) groups excluding carboxylic acids is 3. The average molecular weight is 666 g/mol. The molecule has 0 aliphatic carbocycles. The van der Waals surface area contributed by atoms with Gasteiger partial charge in [0.15, 0.2) is 23.1 Å². The molecule has 1 N–H and O–H groups in total. The number of fused-ring (bicyclic) bond motifs is 6. The van der Waals surface area contributed by atoms with E-state index in [0.29, 0.717) is 34.1 Å². The van der Waals surface area contributed by atoms with Crippen molar-refractivity contribution < 1.29 is 28.6 Å². The zero-order valence-electron chi connectivity index (χ0n) is 24.7. The van der Waals surface area contributed by atoms with Crippen LogP contribution in [0.4, 0.5) is 11.4 Å². The molecule has 4 aromatic rings. The maximum atomic E-state index is 15.2. The monoisotopic (exact) mass is 664 g/mol. The summed E-state index contributed by atoms with van der Waals surface area (Å²) in [6, 6.07) is 23.7. The molecule has 0 saturated carbocycles. The number of nitrogens with one attached hydrogen (secondary N) is 1. The molecule has 1 saturated heterocycles. The van der Waals surface area contributed by atoms with Crippen molar-refractivity contribution in [1.29, 1.82) is 0 Å². The lowest BCUT2D eigenvalue weighted by molar-refractivity contribution is -0.121. The lowest BCUT2D eigenvalue weighted by Gasteiger charge is -2.37. The number of anilines is 2. The number of Topliss-reactive ketones (excluding diaryl/α,β-unsaturated/α-hetero) is 2. The first-order chi connectivity index (χ1) is 21.8. The van der Waals surface area contributed by atoms with Crippen molar-refractivity contribution >= 4 is 50.9 Å². The Balaban J connectivity index is 1.53. The molecule has 7 rings (SSSR count). The number of ketones is 2. The third kappa shape index (κ3) is 4.14. The number of rotatable bonds is 7. The fraction of sp³-hybridized carbons (Fsp3) is 0.194. The third-order valence-corrected chi connectivity index (χ3v) is 9.70. The van der Waals surface area contributed by atoms with Gasteiger partial charge in [0.05, 0.1) is 33.3 Å². The molecule has 3 aliphatic rings. The van der Waals surface area contributed by atoms with Crippen LogP contribution in [0.15, 0.2) is 95.5 Å². The van der Waals surface area contributed by atoms with E-state index in [1.165, 1.54) is 21.3 Å². The Labute approximate surface area is 268 Å². The van der Waals surface area contributed by atoms with Gasteiger partial charge in [-0.05, 0) is 47.5 Å². The van der Waals surface area contributed by atoms with Gasteiger partial charge in [-0.2, -0.15) is 0 Å². The van der Waals surface area contributed by atoms with Crippen molar-refractivity contribution in [2.75, 3.05) is 31.5 Å². The largest absolute Gasteiger partial charge is 0.493 e. The number of para-hydroxylation sites is 2. The minimum atomic E-state index is -1.44. The van der Waals surface area contributed by atoms with Crippen LogP contribution in [-0.2, 0) is 10.2 Å². The van der Waals surface area contributed by atoms with Gasteiger partial charge in [-0.25, -0.2) is 0 Å². The third-order valence-electron chi connectivity index (χ3n) is 9.17. The number of halogens is 1. The maximum Gasteiger partial charge on any atom is 0.238 e. The summed E-state index contributed by atoms with van der Waals surface area (Å²) in [4.78, 5) is 46.6. The summed E-state index contributed by atoms with van der Waals surface area (Å²) < 4.78 is 17.5. The van der Waals surface area contributed by atoms with E-state index in [-0.39, 0.29) is 17.3 Å². The lowest BCUT2D eigenvalue weighted by atomic mass is 9.64. The molecule has 0 aromatic heterocycles. The summed E-state index contributed by atoms with van der Waals surface area (Å²) in [7, 11) is 4.44. The molecule has 1 fully saturated rings. The predicted molar refractivity (Wildman–Crippen MR) is 175 cm³/mol. The van der Waals surface area contributed by atoms with Crippen molar-refractivity contribution in [3.05, 3.63) is 118 Å². The summed E-state index contributed by atoms with van der Waals surface area (Å²) in [6.45, 7) is 0. The Hall–Kier alpha value is -4.89. The second kappa shape index (κ2) is 10.9. The van der Waals surface area contributed by atoms with Crippen molar-refractivity contribution in [3.8, 4) is 17.2 Å². The smallest absolute Gasteiger partial charge is 0.238 e. The Bertz CT molecular complexity index is 1880. The maximum absolute atomic E-state index is 15.2. The second-order valence-electron chi connectivity index (χ2n) is 11.2. The Morgan fingerprint density at radius 3 is 2.18 bits per heavy atom. The zero-order chi connectivity index (χ0) is 31.5. The second-order valence-corrected chi connectivity index (χ2v) is 12.1. The highest BCUT2D eigenvalue weighted by molar-refractivity contribution is 9.10. The topological polar surface area (TPSA) is 94.2 Å². The minimum Gasteiger partial charge on any atom is -0.493 e. The standard InChI is InChI=1S/C36H29BrN2O6/c1-43-27-18-22(19-28(44-2)34(27)45-3)32(40)30-31(33(41)21-12-15-23(37)16-13-21)39-26-11-7-4-8-20(26)14-17-29(39)36(30)24-9-5-6-10-25(24)38-35(36)42/h4-19,29-31H,1-3H3,(H,38,42)/t29-,30+,31-,36+/m0/s1. The van der Waals surface area contributed by atoms with Crippen LogP contribution in [0.5, 0.6) is 17.2 Å². The summed E-state index contributed by atoms with van der Waals surface area (Å²) >= 11 is 3.46. The Morgan fingerprint density at radius 2 is 1.49 bits per heavy atom. The van der Waals surface area contributed by atoms with Crippen molar-refractivity contribution in [2.24, 2.45) is 5.92 Å². The molecule has 1 spiro atoms. The number of benzene rings is 4. The molecule has 1 amide bonds. The molecule has 3 heterocycles. The van der Waals surface area contributed by atoms with E-state index in [1.54, 1.807) is 36.4 Å². The molecule has 0 bridgehead atoms. The van der Waals surface area contributed by atoms with Gasteiger partial charge < -0.3 is 24.4 Å². The zero-order valence-corrected chi connectivity index (χ0v) is 26.3. The molecule has 4 atom stereocenters. The quantitative estimate of drug-likeness (QED) is 0.231. The highest BCUT2D eigenvalue weighted by Gasteiger charge is 2.70. The highest BCUT2D eigenvalue weighted by Crippen LogP contribution is 2.58. The fourth-order valence-electron chi connectivity index (χ4n) is 7.31. The Kier molecular flexibility index (Phi) is 7.00. The molecule has 4 aromatic carbocycles. The summed E-state index contributed by atoms with van der Waals surface area (Å²) in [5.41, 5.74) is 2.19. The molecule has 3 aliphatic heterocycles. The van der Waals surface area contributed by atoms with Gasteiger partial charge in [0.25, 0.3) is 0 Å². The van der Waals surface area contributed by atoms with E-state index in [9.17, 15) is 9.59 Å². The normalized spacial score (nSPS) is 22.4. The van der Waals surface area contributed by atoms with Crippen LogP contribution < -0.4 is 24.4 Å². The van der Waals surface area contributed by atoms with Crippen LogP contribution in [0.1, 0.15) is 31.8 Å². The molecular weight excluding hydrogens is 636 g/mol. The highest BCUT2D eigenvalue weighted by atomic mass is 79.9. The number of nitrogens with zero attached hydrogens (tertiary/aromatic N) is 1. The SMILES string of the molecule is COc1cc(C(=O)[C@H]2[C@@H](C(=O)c3ccc(Br)cc3)N3c4ccccc4C=C[C@H]3[C@@]23C(=O)Nc2ccccc23)cc(OC)c1OC. The van der Waals surface area contributed by atoms with Gasteiger partial charge in [0.2, 0.25) is 11.7 Å². The van der Waals surface area contributed by atoms with E-state index in [2.05, 4.69) is 21.2 Å². The number of ether oxygens (including phenoxy) is 3. The van der Waals surface area contributed by atoms with Gasteiger partial charge >= 0.3 is 0 Å². The molecule has 0 unspecified atom stereocenters. The van der Waals surface area contributed by atoms with E-state index >= 15 is 4.79 Å². The summed E-state index contributed by atoms with van der Waals surface area (Å²) in [5.74, 6) is -1.21. The van der Waals surface area contributed by atoms with E-state index in [1.807, 2.05) is 65.6 Å². The average Bonchev–Trinajstić information content (AvgIpc) is 3.55. The summed E-state index contributed by atoms with van der Waals surface area (Å²) in [5, 5.41) is 3.05. The van der Waals surface area contributed by atoms with Gasteiger partial charge in [0, 0.05) is 27.0 Å². The Morgan fingerprint density at radius 1 is 0.822 bits per heavy atom. The van der Waals surface area contributed by atoms with Crippen LogP contribution in [0.25, 0.3) is 6.08 Å². The van der Waals surface area contributed by atoms with Crippen LogP contribution >= 0.6 is 15.9 Å². The van der Waals surface area contributed by atoms with Gasteiger partial charge in [-0.3, -0.25) is 14.4 Å². The van der Waals surface area contributed by atoms with Gasteiger partial charge in [-0.1, -0.05) is 76.6 Å². The molecule has 8 nitrogen and oxygen atoms in total. The number of methoxy groups -OCH3 is 3. The molecule has 9 heteroatoms. The first kappa shape index (κ1) is 28.9. The van der Waals surface area contributed by atoms with Gasteiger partial charge in [-0.15, -0.1) is 0 Å². The fourth-order valence-corrected chi connectivity index (χ4v) is 7.57. The van der Waals surface area contributed by atoms with Crippen molar-refractivity contribution in [1.82, 2.24) is 0 Å². The molecule has 45 heavy (non-hydrogen) atoms. The first-order valence-electron chi connectivity index (χ1n) is 14.5. The predicted octanol–water partition coefficient (Wildman–Crippen LogP) is 6.33. The molecule has 0 radical (unpaired) electrons. The van der Waals surface area contributed by atoms with Crippen LogP contribution in [0.2, 0.25) is 0 Å². The van der Waals surface area contributed by atoms with Crippen LogP contribution in [-0.4, -0.2) is 50.9 Å². The van der Waals surface area contributed by atoms with Crippen LogP contribution in [0, 0.1) is 5.92 Å².